The van der Waals surface area contributed by atoms with Gasteiger partial charge in [-0.1, -0.05) is 467 Å². The first-order valence-electron chi connectivity index (χ1n) is 45.8. The largest absolute Gasteiger partial charge is 0.311 e. The normalized spacial score (nSPS) is 12.2. The highest BCUT2D eigenvalue weighted by atomic mass is 28.3. The molecule has 3 heterocycles. The number of fused-ring (bicyclic) bond motifs is 7. The fourth-order valence-corrected chi connectivity index (χ4v) is 31.5. The van der Waals surface area contributed by atoms with Crippen LogP contribution < -0.4 is 67.7 Å². The summed E-state index contributed by atoms with van der Waals surface area (Å²) in [7, 11) is -7.45. The summed E-state index contributed by atoms with van der Waals surface area (Å²) in [5.74, 6) is 0. The molecule has 1 aromatic heterocycles. The lowest BCUT2D eigenvalue weighted by Crippen LogP contribution is -2.78. The van der Waals surface area contributed by atoms with E-state index in [0.29, 0.717) is 0 Å². The molecule has 0 fully saturated rings. The van der Waals surface area contributed by atoms with Gasteiger partial charge >= 0.3 is 0 Å². The van der Waals surface area contributed by atoms with Crippen molar-refractivity contribution in [3.05, 3.63) is 534 Å². The molecule has 0 atom stereocenters. The van der Waals surface area contributed by atoms with Gasteiger partial charge in [-0.25, -0.2) is 0 Å². The van der Waals surface area contributed by atoms with E-state index in [1.54, 1.807) is 0 Å². The van der Waals surface area contributed by atoms with Crippen molar-refractivity contribution >= 4 is 137 Å². The maximum absolute atomic E-state index is 3.78. The second-order valence-electron chi connectivity index (χ2n) is 34.9. The third kappa shape index (κ3) is 13.6. The summed E-state index contributed by atoms with van der Waals surface area (Å²) in [4.78, 5) is 5.36. The van der Waals surface area contributed by atoms with Crippen LogP contribution in [0.1, 0.15) is 0 Å². The van der Waals surface area contributed by atoms with Gasteiger partial charge in [-0.15, -0.1) is 0 Å². The van der Waals surface area contributed by atoms with Crippen LogP contribution in [0.3, 0.4) is 0 Å². The van der Waals surface area contributed by atoms with E-state index in [1.165, 1.54) is 79.8 Å². The van der Waals surface area contributed by atoms with Gasteiger partial charge < -0.3 is 14.4 Å². The van der Waals surface area contributed by atoms with Crippen molar-refractivity contribution in [1.82, 2.24) is 4.57 Å². The van der Waals surface area contributed by atoms with Gasteiger partial charge in [0.15, 0.2) is 16.1 Å². The molecule has 2 aliphatic rings. The molecule has 6 heteroatoms. The van der Waals surface area contributed by atoms with Crippen LogP contribution in [0, 0.1) is 0 Å². The Morgan fingerprint density at radius 2 is 0.492 bits per heavy atom. The number of aromatic nitrogens is 1. The quantitative estimate of drug-likeness (QED) is 0.0590. The van der Waals surface area contributed by atoms with Crippen LogP contribution in [0.5, 0.6) is 0 Å². The number of hydrogen-bond acceptors (Lipinski definition) is 2. The monoisotopic (exact) mass is 1710 g/mol. The van der Waals surface area contributed by atoms with E-state index >= 15 is 0 Å². The fourth-order valence-electron chi connectivity index (χ4n) is 21.7. The van der Waals surface area contributed by atoms with Gasteiger partial charge in [-0.05, 0) is 208 Å². The minimum Gasteiger partial charge on any atom is -0.311 e. The number of rotatable bonds is 19. The number of benzene rings is 21. The first-order chi connectivity index (χ1) is 65.5. The van der Waals surface area contributed by atoms with Gasteiger partial charge in [0, 0.05) is 50.5 Å². The highest BCUT2D eigenvalue weighted by Gasteiger charge is 2.49. The van der Waals surface area contributed by atoms with Crippen molar-refractivity contribution in [2.24, 2.45) is 0 Å². The molecule has 0 N–H and O–H groups in total. The van der Waals surface area contributed by atoms with Gasteiger partial charge in [0.1, 0.15) is 0 Å². The van der Waals surface area contributed by atoms with E-state index in [-0.39, 0.29) is 6.71 Å². The van der Waals surface area contributed by atoms with Crippen LogP contribution in [0.15, 0.2) is 534 Å². The third-order valence-electron chi connectivity index (χ3n) is 27.6. The smallest absolute Gasteiger partial charge is 0.252 e. The van der Waals surface area contributed by atoms with E-state index < -0.39 is 16.1 Å². The predicted octanol–water partition coefficient (Wildman–Crippen LogP) is 25.0. The Morgan fingerprint density at radius 3 is 0.939 bits per heavy atom. The lowest BCUT2D eigenvalue weighted by molar-refractivity contribution is 1.17. The molecular weight excluding hydrogens is 1620 g/mol. The lowest BCUT2D eigenvalue weighted by atomic mass is 9.33. The highest BCUT2D eigenvalue weighted by Crippen LogP contribution is 2.51. The van der Waals surface area contributed by atoms with E-state index in [4.69, 9.17) is 0 Å². The van der Waals surface area contributed by atoms with E-state index in [2.05, 4.69) is 548 Å². The molecule has 618 valence electrons. The summed E-state index contributed by atoms with van der Waals surface area (Å²) in [5.41, 5.74) is 31.7. The predicted molar refractivity (Wildman–Crippen MR) is 566 cm³/mol. The van der Waals surface area contributed by atoms with Gasteiger partial charge in [0.25, 0.3) is 6.71 Å². The van der Waals surface area contributed by atoms with Crippen molar-refractivity contribution in [2.45, 2.75) is 0 Å². The van der Waals surface area contributed by atoms with Crippen molar-refractivity contribution in [3.8, 4) is 94.7 Å². The minimum absolute atomic E-state index is 0.311. The molecule has 0 bridgehead atoms. The van der Waals surface area contributed by atoms with E-state index in [1.807, 2.05) is 0 Å². The van der Waals surface area contributed by atoms with Crippen molar-refractivity contribution < 1.29 is 0 Å². The molecule has 0 saturated carbocycles. The Bertz CT molecular complexity index is 7830. The van der Waals surface area contributed by atoms with Crippen molar-refractivity contribution in [1.29, 1.82) is 0 Å². The number of para-hydroxylation sites is 3. The Kier molecular flexibility index (Phi) is 20.1. The number of hydrogen-bond donors (Lipinski definition) is 0. The first-order valence-corrected chi connectivity index (χ1v) is 49.8. The lowest BCUT2D eigenvalue weighted by Gasteiger charge is -2.45. The van der Waals surface area contributed by atoms with Crippen LogP contribution in [-0.4, -0.2) is 27.4 Å². The van der Waals surface area contributed by atoms with E-state index in [0.717, 1.165) is 129 Å². The fraction of sp³-hybridized carbons (Fsp3) is 0. The topological polar surface area (TPSA) is 11.4 Å². The summed E-state index contributed by atoms with van der Waals surface area (Å²) in [5, 5.41) is 12.6. The van der Waals surface area contributed by atoms with Crippen LogP contribution in [0.25, 0.3) is 117 Å². The first kappa shape index (κ1) is 79.0. The molecule has 132 heavy (non-hydrogen) atoms. The molecule has 0 aliphatic carbocycles. The second kappa shape index (κ2) is 33.6. The molecule has 22 aromatic rings. The SMILES string of the molecule is c1ccc(-c2cc(-c3ccccc3)cc(N3c4cc(-n5c6ccccc6c6ccccc65)ccc4B4c5cc(-c6ccccc6)ccc5N(c5ccccc5-c5ccccc5)c5cc(-c6cc([Si](c7ccccc7)(c7ccccc7)c7cccc(-c8ccccc8)c7)cc([Si](c7ccccc7)(c7cccc(-c8ccccc8)c7)c7cccc(-c8ccccc8)c7)c6)cc3c54)c2)cc1. The van der Waals surface area contributed by atoms with Gasteiger partial charge in [0.05, 0.1) is 16.7 Å². The Balaban J connectivity index is 0.896. The van der Waals surface area contributed by atoms with Crippen LogP contribution in [0.2, 0.25) is 0 Å². The molecule has 0 spiro atoms. The molecule has 0 radical (unpaired) electrons. The van der Waals surface area contributed by atoms with Crippen molar-refractivity contribution in [3.63, 3.8) is 0 Å². The average molecular weight is 1710 g/mol. The minimum atomic E-state index is -3.78. The molecule has 24 rings (SSSR count). The summed E-state index contributed by atoms with van der Waals surface area (Å²) >= 11 is 0. The number of nitrogens with zero attached hydrogens (tertiary/aromatic N) is 3. The average Bonchev–Trinajstić information content (AvgIpc) is 0.744. The van der Waals surface area contributed by atoms with E-state index in [9.17, 15) is 0 Å². The van der Waals surface area contributed by atoms with Gasteiger partial charge in [0.2, 0.25) is 0 Å². The summed E-state index contributed by atoms with van der Waals surface area (Å²) in [6, 6.07) is 204. The second-order valence-corrected chi connectivity index (χ2v) is 42.5. The Hall–Kier alpha value is -16.5. The molecular formula is C126H88BN3Si2. The number of anilines is 6. The zero-order valence-corrected chi connectivity index (χ0v) is 74.7. The Morgan fingerprint density at radius 1 is 0.159 bits per heavy atom. The van der Waals surface area contributed by atoms with Crippen molar-refractivity contribution in [2.75, 3.05) is 9.80 Å². The molecule has 0 saturated heterocycles. The molecule has 0 amide bonds. The Labute approximate surface area is 773 Å². The van der Waals surface area contributed by atoms with Crippen LogP contribution >= 0.6 is 0 Å². The molecule has 21 aromatic carbocycles. The summed E-state index contributed by atoms with van der Waals surface area (Å²) < 4.78 is 2.51. The standard InChI is InChI=1S/C126H88BN3Si2/c1-11-40-89(41-12-1)96-54-37-63-109(79-96)131(106-57-25-8-26-58-106,107-59-27-9-28-60-107)112-82-102(83-113(88-112)132(108-61-29-10-30-62-108,110-64-38-55-97(80-110)90-42-13-2-14-43-90)111-65-39-56-98(81-111)91-44-15-3-16-45-91)103-85-124-126-125(86-103)130(119-69-34-31-66-114(119)95-52-23-7-24-53-95)122-75-72-99(92-46-17-4-18-47-92)84-118(122)127(126)117-74-73-104(128-120-70-35-32-67-115(120)116-68-33-36-71-121(116)128)87-123(117)129(124)105-77-100(93-48-19-5-20-49-93)76-101(78-105)94-50-21-6-22-51-94/h1-88H. The van der Waals surface area contributed by atoms with Gasteiger partial charge in [-0.3, -0.25) is 0 Å². The highest BCUT2D eigenvalue weighted by molar-refractivity contribution is 7.22. The summed E-state index contributed by atoms with van der Waals surface area (Å²) in [6.07, 6.45) is 0. The van der Waals surface area contributed by atoms with Gasteiger partial charge in [-0.2, -0.15) is 0 Å². The summed E-state index contributed by atoms with van der Waals surface area (Å²) in [6.45, 7) is -0.311. The molecule has 2 aliphatic heterocycles. The molecule has 3 nitrogen and oxygen atoms in total. The zero-order chi connectivity index (χ0) is 87.5. The van der Waals surface area contributed by atoms with Crippen LogP contribution in [-0.2, 0) is 0 Å². The maximum atomic E-state index is 2.74. The maximum Gasteiger partial charge on any atom is 0.252 e. The third-order valence-corrected chi connectivity index (χ3v) is 37.0. The zero-order valence-electron chi connectivity index (χ0n) is 72.7. The molecule has 0 unspecified atom stereocenters. The van der Waals surface area contributed by atoms with Crippen LogP contribution in [0.4, 0.5) is 34.1 Å².